The number of nitrogen functional groups attached to an aromatic ring is 1. The minimum atomic E-state index is -4.31. The number of anilines is 1. The monoisotopic (exact) mass is 229 g/mol. The average Bonchev–Trinajstić information content (AvgIpc) is 2.19. The number of hydrogen-bond donors (Lipinski definition) is 1. The first-order valence-electron chi connectivity index (χ1n) is 5.05. The third-order valence-corrected chi connectivity index (χ3v) is 2.21. The standard InChI is InChI=1S/C12H14F3N/c1-2-3-4-5-9-8-10(12(13,14)15)6-7-11(9)16/h3-4,6-8H,2,5,16H2,1H3/b4-3-. The molecule has 0 heterocycles. The highest BCUT2D eigenvalue weighted by Crippen LogP contribution is 2.31. The largest absolute Gasteiger partial charge is 0.416 e. The van der Waals surface area contributed by atoms with Gasteiger partial charge in [-0.25, -0.2) is 0 Å². The summed E-state index contributed by atoms with van der Waals surface area (Å²) in [5.74, 6) is 0. The van der Waals surface area contributed by atoms with Crippen molar-refractivity contribution in [2.24, 2.45) is 0 Å². The lowest BCUT2D eigenvalue weighted by atomic mass is 10.1. The van der Waals surface area contributed by atoms with Crippen molar-refractivity contribution < 1.29 is 13.2 Å². The molecule has 1 rings (SSSR count). The van der Waals surface area contributed by atoms with Crippen molar-refractivity contribution >= 4 is 5.69 Å². The van der Waals surface area contributed by atoms with E-state index in [-0.39, 0.29) is 0 Å². The molecule has 0 aliphatic rings. The molecule has 0 aliphatic heterocycles. The Balaban J connectivity index is 2.95. The molecule has 0 saturated carbocycles. The predicted octanol–water partition coefficient (Wildman–Crippen LogP) is 3.80. The van der Waals surface area contributed by atoms with Gasteiger partial charge in [-0.3, -0.25) is 0 Å². The molecular weight excluding hydrogens is 215 g/mol. The van der Waals surface area contributed by atoms with Crippen LogP contribution in [-0.2, 0) is 12.6 Å². The van der Waals surface area contributed by atoms with E-state index in [2.05, 4.69) is 0 Å². The van der Waals surface area contributed by atoms with E-state index in [4.69, 9.17) is 5.73 Å². The molecule has 0 fully saturated rings. The summed E-state index contributed by atoms with van der Waals surface area (Å²) in [7, 11) is 0. The Morgan fingerprint density at radius 2 is 1.94 bits per heavy atom. The lowest BCUT2D eigenvalue weighted by Gasteiger charge is -2.09. The summed E-state index contributed by atoms with van der Waals surface area (Å²) in [5.41, 5.74) is 5.87. The summed E-state index contributed by atoms with van der Waals surface area (Å²) >= 11 is 0. The molecule has 0 spiro atoms. The van der Waals surface area contributed by atoms with Crippen LogP contribution in [0.25, 0.3) is 0 Å². The molecule has 2 N–H and O–H groups in total. The Morgan fingerprint density at radius 1 is 1.25 bits per heavy atom. The van der Waals surface area contributed by atoms with Crippen molar-refractivity contribution in [2.45, 2.75) is 25.9 Å². The minimum absolute atomic E-state index is 0.397. The Morgan fingerprint density at radius 3 is 2.50 bits per heavy atom. The first-order chi connectivity index (χ1) is 7.45. The normalized spacial score (nSPS) is 12.2. The Bertz CT molecular complexity index is 380. The van der Waals surface area contributed by atoms with Crippen molar-refractivity contribution in [1.82, 2.24) is 0 Å². The van der Waals surface area contributed by atoms with Gasteiger partial charge in [0.2, 0.25) is 0 Å². The SMILES string of the molecule is CC/C=C\Cc1cc(C(F)(F)F)ccc1N. The van der Waals surface area contributed by atoms with Crippen molar-refractivity contribution in [3.63, 3.8) is 0 Å². The van der Waals surface area contributed by atoms with Crippen molar-refractivity contribution in [2.75, 3.05) is 5.73 Å². The molecule has 88 valence electrons. The fourth-order valence-corrected chi connectivity index (χ4v) is 1.34. The molecule has 0 atom stereocenters. The fourth-order valence-electron chi connectivity index (χ4n) is 1.34. The molecule has 0 aliphatic carbocycles. The van der Waals surface area contributed by atoms with Gasteiger partial charge in [0.1, 0.15) is 0 Å². The van der Waals surface area contributed by atoms with Crippen LogP contribution in [-0.4, -0.2) is 0 Å². The second kappa shape index (κ2) is 5.05. The van der Waals surface area contributed by atoms with Gasteiger partial charge in [0.25, 0.3) is 0 Å². The highest BCUT2D eigenvalue weighted by molar-refractivity contribution is 5.50. The van der Waals surface area contributed by atoms with Crippen LogP contribution in [0.5, 0.6) is 0 Å². The van der Waals surface area contributed by atoms with Crippen LogP contribution in [0.3, 0.4) is 0 Å². The molecule has 0 aromatic heterocycles. The van der Waals surface area contributed by atoms with Gasteiger partial charge in [-0.05, 0) is 36.6 Å². The van der Waals surface area contributed by atoms with Crippen LogP contribution in [0.1, 0.15) is 24.5 Å². The molecule has 0 unspecified atom stereocenters. The van der Waals surface area contributed by atoms with Crippen LogP contribution in [0, 0.1) is 0 Å². The highest BCUT2D eigenvalue weighted by Gasteiger charge is 2.30. The smallest absolute Gasteiger partial charge is 0.398 e. The third kappa shape index (κ3) is 3.29. The third-order valence-electron chi connectivity index (χ3n) is 2.21. The summed E-state index contributed by atoms with van der Waals surface area (Å²) in [6.45, 7) is 1.96. The van der Waals surface area contributed by atoms with Crippen LogP contribution in [0.2, 0.25) is 0 Å². The first kappa shape index (κ1) is 12.6. The Kier molecular flexibility index (Phi) is 3.99. The van der Waals surface area contributed by atoms with E-state index >= 15 is 0 Å². The molecule has 0 amide bonds. The van der Waals surface area contributed by atoms with Crippen molar-refractivity contribution in [3.05, 3.63) is 41.5 Å². The van der Waals surface area contributed by atoms with Gasteiger partial charge in [-0.2, -0.15) is 13.2 Å². The zero-order valence-electron chi connectivity index (χ0n) is 9.01. The van der Waals surface area contributed by atoms with E-state index in [1.165, 1.54) is 6.07 Å². The van der Waals surface area contributed by atoms with Gasteiger partial charge in [0.05, 0.1) is 5.56 Å². The Labute approximate surface area is 92.8 Å². The zero-order chi connectivity index (χ0) is 12.2. The van der Waals surface area contributed by atoms with E-state index in [1.54, 1.807) is 0 Å². The van der Waals surface area contributed by atoms with Gasteiger partial charge >= 0.3 is 6.18 Å². The van der Waals surface area contributed by atoms with Gasteiger partial charge in [-0.15, -0.1) is 0 Å². The van der Waals surface area contributed by atoms with E-state index in [9.17, 15) is 13.2 Å². The van der Waals surface area contributed by atoms with Crippen LogP contribution in [0.4, 0.5) is 18.9 Å². The molecule has 1 aromatic rings. The van der Waals surface area contributed by atoms with Gasteiger partial charge in [-0.1, -0.05) is 19.1 Å². The second-order valence-electron chi connectivity index (χ2n) is 3.50. The number of allylic oxidation sites excluding steroid dienone is 2. The summed E-state index contributed by atoms with van der Waals surface area (Å²) in [6.07, 6.45) is 0.713. The molecule has 0 bridgehead atoms. The summed E-state index contributed by atoms with van der Waals surface area (Å²) < 4.78 is 37.3. The topological polar surface area (TPSA) is 26.0 Å². The fraction of sp³-hybridized carbons (Fsp3) is 0.333. The average molecular weight is 229 g/mol. The van der Waals surface area contributed by atoms with Gasteiger partial charge in [0.15, 0.2) is 0 Å². The maximum Gasteiger partial charge on any atom is 0.416 e. The lowest BCUT2D eigenvalue weighted by molar-refractivity contribution is -0.137. The molecule has 0 radical (unpaired) electrons. The summed E-state index contributed by atoms with van der Waals surface area (Å²) in [6, 6.07) is 3.41. The molecule has 0 saturated heterocycles. The summed E-state index contributed by atoms with van der Waals surface area (Å²) in [5, 5.41) is 0. The van der Waals surface area contributed by atoms with Crippen molar-refractivity contribution in [3.8, 4) is 0 Å². The molecule has 1 aromatic carbocycles. The Hall–Kier alpha value is -1.45. The van der Waals surface area contributed by atoms with Crippen molar-refractivity contribution in [1.29, 1.82) is 0 Å². The zero-order valence-corrected chi connectivity index (χ0v) is 9.01. The highest BCUT2D eigenvalue weighted by atomic mass is 19.4. The molecule has 16 heavy (non-hydrogen) atoms. The quantitative estimate of drug-likeness (QED) is 0.619. The number of halogens is 3. The number of rotatable bonds is 3. The minimum Gasteiger partial charge on any atom is -0.398 e. The van der Waals surface area contributed by atoms with E-state index in [1.807, 2.05) is 19.1 Å². The maximum absolute atomic E-state index is 12.4. The van der Waals surface area contributed by atoms with E-state index in [0.29, 0.717) is 17.7 Å². The van der Waals surface area contributed by atoms with Gasteiger partial charge < -0.3 is 5.73 Å². The van der Waals surface area contributed by atoms with E-state index < -0.39 is 11.7 Å². The number of nitrogens with two attached hydrogens (primary N) is 1. The van der Waals surface area contributed by atoms with Crippen LogP contribution in [0.15, 0.2) is 30.4 Å². The lowest BCUT2D eigenvalue weighted by Crippen LogP contribution is -2.06. The number of hydrogen-bond acceptors (Lipinski definition) is 1. The number of alkyl halides is 3. The maximum atomic E-state index is 12.4. The summed E-state index contributed by atoms with van der Waals surface area (Å²) in [4.78, 5) is 0. The van der Waals surface area contributed by atoms with Crippen LogP contribution < -0.4 is 5.73 Å². The predicted molar refractivity (Wildman–Crippen MR) is 59.0 cm³/mol. The van der Waals surface area contributed by atoms with Crippen LogP contribution >= 0.6 is 0 Å². The first-order valence-corrected chi connectivity index (χ1v) is 5.05. The second-order valence-corrected chi connectivity index (χ2v) is 3.50. The van der Waals surface area contributed by atoms with E-state index in [0.717, 1.165) is 18.6 Å². The number of benzene rings is 1. The van der Waals surface area contributed by atoms with Gasteiger partial charge in [0, 0.05) is 5.69 Å². The molecule has 1 nitrogen and oxygen atoms in total. The molecular formula is C12H14F3N. The molecule has 4 heteroatoms.